The smallest absolute Gasteiger partial charge is 0.226 e. The van der Waals surface area contributed by atoms with Gasteiger partial charge in [-0.2, -0.15) is 0 Å². The largest absolute Gasteiger partial charge is 0.346 e. The van der Waals surface area contributed by atoms with Crippen molar-refractivity contribution in [3.05, 3.63) is 30.2 Å². The molecule has 1 aliphatic heterocycles. The molecule has 6 heteroatoms. The number of rotatable bonds is 3. The molecule has 0 spiro atoms. The van der Waals surface area contributed by atoms with Gasteiger partial charge in [0.05, 0.1) is 6.04 Å². The second-order valence-corrected chi connectivity index (χ2v) is 5.99. The first-order chi connectivity index (χ1) is 10.1. The van der Waals surface area contributed by atoms with Gasteiger partial charge in [-0.15, -0.1) is 10.2 Å². The van der Waals surface area contributed by atoms with Crippen molar-refractivity contribution in [1.29, 1.82) is 0 Å². The lowest BCUT2D eigenvalue weighted by molar-refractivity contribution is -0.132. The van der Waals surface area contributed by atoms with E-state index in [4.69, 9.17) is 0 Å². The highest BCUT2D eigenvalue weighted by Gasteiger charge is 2.35. The van der Waals surface area contributed by atoms with Gasteiger partial charge in [-0.3, -0.25) is 9.20 Å². The molecule has 21 heavy (non-hydrogen) atoms. The van der Waals surface area contributed by atoms with Crippen molar-refractivity contribution in [2.75, 3.05) is 13.1 Å². The van der Waals surface area contributed by atoms with Gasteiger partial charge in [-0.1, -0.05) is 13.0 Å². The summed E-state index contributed by atoms with van der Waals surface area (Å²) >= 11 is 0. The summed E-state index contributed by atoms with van der Waals surface area (Å²) in [7, 11) is 0. The zero-order valence-electron chi connectivity index (χ0n) is 12.5. The molecule has 1 amide bonds. The molecule has 112 valence electrons. The van der Waals surface area contributed by atoms with Crippen LogP contribution in [-0.4, -0.2) is 33.6 Å². The Hall–Kier alpha value is -1.95. The Morgan fingerprint density at radius 2 is 2.14 bits per heavy atom. The van der Waals surface area contributed by atoms with E-state index in [2.05, 4.69) is 20.8 Å². The molecule has 0 bridgehead atoms. The van der Waals surface area contributed by atoms with Crippen molar-refractivity contribution in [2.45, 2.75) is 32.7 Å². The molecule has 6 nitrogen and oxygen atoms in total. The molecule has 2 aromatic heterocycles. The van der Waals surface area contributed by atoms with E-state index in [1.54, 1.807) is 0 Å². The minimum Gasteiger partial charge on any atom is -0.346 e. The third-order valence-corrected chi connectivity index (χ3v) is 4.33. The first kappa shape index (κ1) is 14.0. The van der Waals surface area contributed by atoms with E-state index in [1.807, 2.05) is 42.6 Å². The number of hydrogen-bond donors (Lipinski definition) is 2. The molecular formula is C15H21N5O. The Kier molecular flexibility index (Phi) is 3.63. The highest BCUT2D eigenvalue weighted by atomic mass is 16.2. The lowest BCUT2D eigenvalue weighted by Crippen LogP contribution is -2.46. The molecule has 1 saturated heterocycles. The molecule has 2 aromatic rings. The first-order valence-electron chi connectivity index (χ1n) is 7.41. The molecule has 0 saturated carbocycles. The highest BCUT2D eigenvalue weighted by molar-refractivity contribution is 5.82. The van der Waals surface area contributed by atoms with Crippen molar-refractivity contribution in [3.8, 4) is 0 Å². The highest BCUT2D eigenvalue weighted by Crippen LogP contribution is 2.29. The van der Waals surface area contributed by atoms with Crippen molar-refractivity contribution in [1.82, 2.24) is 25.2 Å². The Morgan fingerprint density at radius 3 is 2.90 bits per heavy atom. The van der Waals surface area contributed by atoms with Crippen LogP contribution in [0.1, 0.15) is 38.6 Å². The van der Waals surface area contributed by atoms with Crippen LogP contribution in [0.3, 0.4) is 0 Å². The number of carbonyl (C=O) groups excluding carboxylic acids is 1. The average Bonchev–Trinajstić information content (AvgIpc) is 2.92. The molecule has 3 heterocycles. The Balaban J connectivity index is 1.76. The zero-order chi connectivity index (χ0) is 14.9. The van der Waals surface area contributed by atoms with Crippen molar-refractivity contribution in [3.63, 3.8) is 0 Å². The number of piperidine rings is 1. The topological polar surface area (TPSA) is 71.3 Å². The normalized spacial score (nSPS) is 19.3. The van der Waals surface area contributed by atoms with E-state index >= 15 is 0 Å². The molecule has 0 aromatic carbocycles. The number of nitrogens with zero attached hydrogens (tertiary/aromatic N) is 3. The summed E-state index contributed by atoms with van der Waals surface area (Å²) in [6.45, 7) is 5.78. The number of nitrogens with one attached hydrogen (secondary N) is 2. The van der Waals surface area contributed by atoms with Gasteiger partial charge in [0.25, 0.3) is 0 Å². The predicted octanol–water partition coefficient (Wildman–Crippen LogP) is 1.30. The molecule has 1 unspecified atom stereocenters. The van der Waals surface area contributed by atoms with Crippen LogP contribution in [0, 0.1) is 5.41 Å². The monoisotopic (exact) mass is 287 g/mol. The summed E-state index contributed by atoms with van der Waals surface area (Å²) in [6, 6.07) is 5.59. The van der Waals surface area contributed by atoms with Gasteiger partial charge in [0, 0.05) is 11.6 Å². The summed E-state index contributed by atoms with van der Waals surface area (Å²) in [5.74, 6) is 0.862. The number of fused-ring (bicyclic) bond motifs is 1. The van der Waals surface area contributed by atoms with Crippen molar-refractivity contribution >= 4 is 11.6 Å². The summed E-state index contributed by atoms with van der Waals surface area (Å²) in [4.78, 5) is 12.6. The fourth-order valence-corrected chi connectivity index (χ4v) is 2.80. The number of pyridine rings is 1. The Morgan fingerprint density at radius 1 is 1.38 bits per heavy atom. The van der Waals surface area contributed by atoms with E-state index in [9.17, 15) is 4.79 Å². The van der Waals surface area contributed by atoms with Gasteiger partial charge in [0.15, 0.2) is 11.5 Å². The molecule has 0 radical (unpaired) electrons. The fourth-order valence-electron chi connectivity index (χ4n) is 2.80. The second-order valence-electron chi connectivity index (χ2n) is 5.99. The van der Waals surface area contributed by atoms with Gasteiger partial charge < -0.3 is 10.6 Å². The molecule has 1 atom stereocenters. The number of amides is 1. The Labute approximate surface area is 123 Å². The predicted molar refractivity (Wildman–Crippen MR) is 79.8 cm³/mol. The molecule has 1 fully saturated rings. The van der Waals surface area contributed by atoms with Gasteiger partial charge in [0.2, 0.25) is 5.91 Å². The maximum atomic E-state index is 12.6. The lowest BCUT2D eigenvalue weighted by atomic mass is 9.80. The minimum atomic E-state index is -0.292. The van der Waals surface area contributed by atoms with E-state index in [0.29, 0.717) is 0 Å². The number of aromatic nitrogens is 3. The summed E-state index contributed by atoms with van der Waals surface area (Å²) in [5.41, 5.74) is 0.502. The van der Waals surface area contributed by atoms with Crippen molar-refractivity contribution < 1.29 is 4.79 Å². The van der Waals surface area contributed by atoms with Gasteiger partial charge in [-0.25, -0.2) is 0 Å². The molecular weight excluding hydrogens is 266 g/mol. The molecule has 3 rings (SSSR count). The fraction of sp³-hybridized carbons (Fsp3) is 0.533. The van der Waals surface area contributed by atoms with Gasteiger partial charge >= 0.3 is 0 Å². The third-order valence-electron chi connectivity index (χ3n) is 4.33. The quantitative estimate of drug-likeness (QED) is 0.892. The van der Waals surface area contributed by atoms with Crippen LogP contribution in [0.2, 0.25) is 0 Å². The maximum absolute atomic E-state index is 12.6. The number of hydrogen-bond acceptors (Lipinski definition) is 4. The van der Waals surface area contributed by atoms with Crippen LogP contribution in [0.4, 0.5) is 0 Å². The van der Waals surface area contributed by atoms with Crippen LogP contribution in [0.15, 0.2) is 24.4 Å². The van der Waals surface area contributed by atoms with E-state index in [-0.39, 0.29) is 17.4 Å². The lowest BCUT2D eigenvalue weighted by Gasteiger charge is -2.33. The van der Waals surface area contributed by atoms with Crippen molar-refractivity contribution in [2.24, 2.45) is 5.41 Å². The number of carbonyl (C=O) groups is 1. The molecule has 2 N–H and O–H groups in total. The van der Waals surface area contributed by atoms with Crippen LogP contribution in [0.25, 0.3) is 5.65 Å². The van der Waals surface area contributed by atoms with E-state index in [0.717, 1.165) is 37.4 Å². The summed E-state index contributed by atoms with van der Waals surface area (Å²) in [6.07, 6.45) is 3.65. The molecule has 1 aliphatic rings. The summed E-state index contributed by atoms with van der Waals surface area (Å²) in [5, 5.41) is 14.7. The maximum Gasteiger partial charge on any atom is 0.226 e. The minimum absolute atomic E-state index is 0.101. The van der Waals surface area contributed by atoms with Gasteiger partial charge in [-0.05, 0) is 45.0 Å². The second kappa shape index (κ2) is 5.44. The SMILES string of the molecule is CC(NC(=O)C1(C)CCNCC1)c1nnc2ccccn12. The Bertz CT molecular complexity index is 644. The van der Waals surface area contributed by atoms with Gasteiger partial charge in [0.1, 0.15) is 0 Å². The summed E-state index contributed by atoms with van der Waals surface area (Å²) < 4.78 is 1.91. The van der Waals surface area contributed by atoms with Crippen LogP contribution >= 0.6 is 0 Å². The average molecular weight is 287 g/mol. The third kappa shape index (κ3) is 2.63. The standard InChI is InChI=1S/C15H21N5O/c1-11(13-19-18-12-5-3-4-10-20(12)13)17-14(21)15(2)6-8-16-9-7-15/h3-5,10-11,16H,6-9H2,1-2H3,(H,17,21). The first-order valence-corrected chi connectivity index (χ1v) is 7.41. The van der Waals surface area contributed by atoms with E-state index < -0.39 is 0 Å². The van der Waals surface area contributed by atoms with Crippen LogP contribution < -0.4 is 10.6 Å². The van der Waals surface area contributed by atoms with E-state index in [1.165, 1.54) is 0 Å². The zero-order valence-corrected chi connectivity index (χ0v) is 12.5. The van der Waals surface area contributed by atoms with Crippen LogP contribution in [-0.2, 0) is 4.79 Å². The van der Waals surface area contributed by atoms with Crippen LogP contribution in [0.5, 0.6) is 0 Å². The molecule has 0 aliphatic carbocycles.